The van der Waals surface area contributed by atoms with E-state index in [1.165, 1.54) is 12.5 Å². The van der Waals surface area contributed by atoms with Crippen molar-refractivity contribution < 1.29 is 4.92 Å². The minimum atomic E-state index is -0.515. The Hall–Kier alpha value is -3.46. The maximum atomic E-state index is 10.6. The number of hydrogen-bond acceptors (Lipinski definition) is 4. The van der Waals surface area contributed by atoms with Crippen molar-refractivity contribution in [3.05, 3.63) is 82.3 Å². The Morgan fingerprint density at radius 2 is 1.91 bits per heavy atom. The van der Waals surface area contributed by atoms with Crippen LogP contribution in [0.25, 0.3) is 11.1 Å². The summed E-state index contributed by atoms with van der Waals surface area (Å²) < 4.78 is 1.66. The van der Waals surface area contributed by atoms with Crippen molar-refractivity contribution in [3.63, 3.8) is 0 Å². The fourth-order valence-corrected chi connectivity index (χ4v) is 2.36. The van der Waals surface area contributed by atoms with Crippen LogP contribution in [0.3, 0.4) is 0 Å². The van der Waals surface area contributed by atoms with Crippen molar-refractivity contribution >= 4 is 5.82 Å². The average Bonchev–Trinajstić information content (AvgIpc) is 3.04. The number of benzene rings is 2. The fraction of sp³-hybridized carbons (Fsp3) is 0.0588. The molecule has 0 N–H and O–H groups in total. The van der Waals surface area contributed by atoms with Gasteiger partial charge in [-0.05, 0) is 32.7 Å². The topological polar surface area (TPSA) is 84.8 Å². The van der Waals surface area contributed by atoms with Crippen LogP contribution in [-0.4, -0.2) is 14.5 Å². The molecule has 0 aliphatic rings. The second kappa shape index (κ2) is 6.12. The van der Waals surface area contributed by atoms with Crippen molar-refractivity contribution in [2.45, 2.75) is 6.54 Å². The summed E-state index contributed by atoms with van der Waals surface area (Å²) in [6.45, 7) is 0.501. The maximum absolute atomic E-state index is 10.6. The molecule has 1 aromatic heterocycles. The number of aromatic nitrogens is 2. The summed E-state index contributed by atoms with van der Waals surface area (Å²) in [5.74, 6) is -0.162. The summed E-state index contributed by atoms with van der Waals surface area (Å²) in [5.41, 5.74) is 3.48. The molecule has 0 bridgehead atoms. The Kier molecular flexibility index (Phi) is 3.85. The van der Waals surface area contributed by atoms with Crippen molar-refractivity contribution in [1.29, 1.82) is 5.26 Å². The quantitative estimate of drug-likeness (QED) is 0.546. The first kappa shape index (κ1) is 14.5. The molecular weight excluding hydrogens is 292 g/mol. The van der Waals surface area contributed by atoms with Crippen molar-refractivity contribution in [3.8, 4) is 17.2 Å². The number of hydrogen-bond donors (Lipinski definition) is 0. The van der Waals surface area contributed by atoms with Crippen LogP contribution in [0.1, 0.15) is 11.1 Å². The van der Waals surface area contributed by atoms with Crippen LogP contribution < -0.4 is 0 Å². The first-order valence-electron chi connectivity index (χ1n) is 6.92. The number of imidazole rings is 1. The van der Waals surface area contributed by atoms with E-state index < -0.39 is 4.92 Å². The summed E-state index contributed by atoms with van der Waals surface area (Å²) in [6.07, 6.45) is 2.84. The molecular formula is C17H12N4O2. The monoisotopic (exact) mass is 304 g/mol. The molecule has 0 atom stereocenters. The summed E-state index contributed by atoms with van der Waals surface area (Å²) in [5, 5.41) is 19.8. The molecule has 0 amide bonds. The first-order chi connectivity index (χ1) is 11.2. The molecule has 2 aromatic carbocycles. The Morgan fingerprint density at radius 1 is 1.17 bits per heavy atom. The highest BCUT2D eigenvalue weighted by Gasteiger charge is 2.10. The molecule has 6 heteroatoms. The molecule has 0 fully saturated rings. The second-order valence-electron chi connectivity index (χ2n) is 5.02. The van der Waals surface area contributed by atoms with E-state index in [-0.39, 0.29) is 5.82 Å². The van der Waals surface area contributed by atoms with E-state index in [1.54, 1.807) is 10.6 Å². The Bertz CT molecular complexity index is 891. The summed E-state index contributed by atoms with van der Waals surface area (Å²) in [6, 6.07) is 17.4. The van der Waals surface area contributed by atoms with Gasteiger partial charge in [0.05, 0.1) is 18.2 Å². The lowest BCUT2D eigenvalue weighted by atomic mass is 9.99. The minimum absolute atomic E-state index is 0.162. The molecule has 6 nitrogen and oxygen atoms in total. The van der Waals surface area contributed by atoms with Gasteiger partial charge in [-0.3, -0.25) is 0 Å². The van der Waals surface area contributed by atoms with E-state index in [9.17, 15) is 10.1 Å². The van der Waals surface area contributed by atoms with E-state index in [1.807, 2.05) is 42.5 Å². The highest BCUT2D eigenvalue weighted by molar-refractivity contribution is 5.70. The molecule has 0 saturated heterocycles. The molecule has 23 heavy (non-hydrogen) atoms. The second-order valence-corrected chi connectivity index (χ2v) is 5.02. The highest BCUT2D eigenvalue weighted by atomic mass is 16.6. The van der Waals surface area contributed by atoms with Gasteiger partial charge < -0.3 is 14.7 Å². The predicted molar refractivity (Wildman–Crippen MR) is 84.6 cm³/mol. The Morgan fingerprint density at radius 3 is 2.57 bits per heavy atom. The van der Waals surface area contributed by atoms with Crippen molar-refractivity contribution in [1.82, 2.24) is 9.55 Å². The molecule has 112 valence electrons. The highest BCUT2D eigenvalue weighted by Crippen LogP contribution is 2.23. The van der Waals surface area contributed by atoms with Gasteiger partial charge in [-0.15, -0.1) is 0 Å². The van der Waals surface area contributed by atoms with E-state index in [2.05, 4.69) is 11.1 Å². The molecule has 0 unspecified atom stereocenters. The lowest BCUT2D eigenvalue weighted by Crippen LogP contribution is -1.96. The smallest absolute Gasteiger partial charge is 0.358 e. The molecule has 1 heterocycles. The van der Waals surface area contributed by atoms with Crippen LogP contribution in [0.4, 0.5) is 5.82 Å². The van der Waals surface area contributed by atoms with Gasteiger partial charge in [-0.1, -0.05) is 42.5 Å². The van der Waals surface area contributed by atoms with Gasteiger partial charge in [0, 0.05) is 0 Å². The maximum Gasteiger partial charge on any atom is 0.381 e. The van der Waals surface area contributed by atoms with Crippen LogP contribution in [0.2, 0.25) is 0 Å². The zero-order chi connectivity index (χ0) is 16.2. The van der Waals surface area contributed by atoms with Gasteiger partial charge in [-0.25, -0.2) is 0 Å². The normalized spacial score (nSPS) is 10.2. The molecule has 0 saturated carbocycles. The SMILES string of the molecule is N#Cc1ccccc1-c1ccc(Cn2cnc([N+](=O)[O-])c2)cc1. The molecule has 0 aliphatic heterocycles. The zero-order valence-corrected chi connectivity index (χ0v) is 12.1. The lowest BCUT2D eigenvalue weighted by Gasteiger charge is -2.06. The van der Waals surface area contributed by atoms with Crippen LogP contribution >= 0.6 is 0 Å². The van der Waals surface area contributed by atoms with Crippen LogP contribution in [-0.2, 0) is 6.54 Å². The Balaban J connectivity index is 1.82. The van der Waals surface area contributed by atoms with Gasteiger partial charge in [0.2, 0.25) is 6.33 Å². The standard InChI is InChI=1S/C17H12N4O2/c18-9-15-3-1-2-4-16(15)14-7-5-13(6-8-14)10-20-11-17(19-12-20)21(22)23/h1-8,11-12H,10H2. The van der Waals surface area contributed by atoms with Gasteiger partial charge in [0.1, 0.15) is 6.20 Å². The number of nitrogens with zero attached hydrogens (tertiary/aromatic N) is 4. The molecule has 3 aromatic rings. The third kappa shape index (κ3) is 3.09. The van der Waals surface area contributed by atoms with E-state index in [0.29, 0.717) is 12.1 Å². The minimum Gasteiger partial charge on any atom is -0.358 e. The number of rotatable bonds is 4. The first-order valence-corrected chi connectivity index (χ1v) is 6.92. The summed E-state index contributed by atoms with van der Waals surface area (Å²) in [4.78, 5) is 13.8. The van der Waals surface area contributed by atoms with E-state index >= 15 is 0 Å². The lowest BCUT2D eigenvalue weighted by molar-refractivity contribution is -0.389. The Labute approximate surface area is 132 Å². The van der Waals surface area contributed by atoms with Crippen molar-refractivity contribution in [2.24, 2.45) is 0 Å². The van der Waals surface area contributed by atoms with Crippen LogP contribution in [0, 0.1) is 21.4 Å². The third-order valence-corrected chi connectivity index (χ3v) is 3.48. The van der Waals surface area contributed by atoms with Gasteiger partial charge in [0.15, 0.2) is 0 Å². The van der Waals surface area contributed by atoms with E-state index in [4.69, 9.17) is 5.26 Å². The van der Waals surface area contributed by atoms with Crippen LogP contribution in [0.5, 0.6) is 0 Å². The van der Waals surface area contributed by atoms with Crippen LogP contribution in [0.15, 0.2) is 61.1 Å². The molecule has 0 radical (unpaired) electrons. The molecule has 0 aliphatic carbocycles. The largest absolute Gasteiger partial charge is 0.381 e. The summed E-state index contributed by atoms with van der Waals surface area (Å²) in [7, 11) is 0. The average molecular weight is 304 g/mol. The van der Waals surface area contributed by atoms with Gasteiger partial charge >= 0.3 is 5.82 Å². The third-order valence-electron chi connectivity index (χ3n) is 3.48. The summed E-state index contributed by atoms with van der Waals surface area (Å²) >= 11 is 0. The van der Waals surface area contributed by atoms with Gasteiger partial charge in [0.25, 0.3) is 0 Å². The fourth-order valence-electron chi connectivity index (χ4n) is 2.36. The van der Waals surface area contributed by atoms with E-state index in [0.717, 1.165) is 16.7 Å². The zero-order valence-electron chi connectivity index (χ0n) is 12.1. The predicted octanol–water partition coefficient (Wildman–Crippen LogP) is 3.38. The van der Waals surface area contributed by atoms with Gasteiger partial charge in [-0.2, -0.15) is 5.26 Å². The molecule has 0 spiro atoms. The van der Waals surface area contributed by atoms with Crippen molar-refractivity contribution in [2.75, 3.05) is 0 Å². The number of nitro groups is 1. The number of nitriles is 1. The molecule has 3 rings (SSSR count).